The molecular formula is C13H23BrN4. The first kappa shape index (κ1) is 15.2. The van der Waals surface area contributed by atoms with Crippen LogP contribution in [0.3, 0.4) is 0 Å². The second kappa shape index (κ2) is 8.29. The Bertz CT molecular complexity index is 353. The van der Waals surface area contributed by atoms with Gasteiger partial charge in [-0.05, 0) is 28.3 Å². The molecule has 0 atom stereocenters. The van der Waals surface area contributed by atoms with Crippen LogP contribution in [0.4, 0.5) is 11.6 Å². The lowest BCUT2D eigenvalue weighted by atomic mass is 10.0. The maximum Gasteiger partial charge on any atom is 0.145 e. The molecule has 0 saturated heterocycles. The van der Waals surface area contributed by atoms with Crippen LogP contribution in [-0.4, -0.2) is 23.1 Å². The summed E-state index contributed by atoms with van der Waals surface area (Å²) in [6, 6.07) is 0. The Balaban J connectivity index is 2.65. The van der Waals surface area contributed by atoms with Crippen molar-refractivity contribution in [2.75, 3.05) is 23.7 Å². The van der Waals surface area contributed by atoms with Crippen molar-refractivity contribution in [2.24, 2.45) is 5.92 Å². The highest BCUT2D eigenvalue weighted by atomic mass is 79.9. The second-order valence-electron chi connectivity index (χ2n) is 4.38. The molecule has 0 aliphatic carbocycles. The third-order valence-electron chi connectivity index (χ3n) is 3.04. The number of nitrogens with zero attached hydrogens (tertiary/aromatic N) is 2. The molecule has 0 radical (unpaired) electrons. The van der Waals surface area contributed by atoms with Crippen LogP contribution in [0, 0.1) is 5.92 Å². The van der Waals surface area contributed by atoms with Gasteiger partial charge in [0.2, 0.25) is 0 Å². The average molecular weight is 315 g/mol. The quantitative estimate of drug-likeness (QED) is 0.764. The first-order chi connectivity index (χ1) is 8.72. The van der Waals surface area contributed by atoms with Gasteiger partial charge in [-0.2, -0.15) is 0 Å². The molecular weight excluding hydrogens is 292 g/mol. The number of hydrogen-bond acceptors (Lipinski definition) is 4. The molecule has 0 aromatic carbocycles. The van der Waals surface area contributed by atoms with E-state index in [9.17, 15) is 0 Å². The molecule has 0 unspecified atom stereocenters. The molecule has 0 spiro atoms. The lowest BCUT2D eigenvalue weighted by molar-refractivity contribution is 0.518. The van der Waals surface area contributed by atoms with Crippen LogP contribution in [0.2, 0.25) is 0 Å². The SMILES string of the molecule is CCCNc1ncnc(NCC(CC)CC)c1Br. The topological polar surface area (TPSA) is 49.8 Å². The Hall–Kier alpha value is -0.840. The summed E-state index contributed by atoms with van der Waals surface area (Å²) in [4.78, 5) is 8.51. The minimum atomic E-state index is 0.693. The van der Waals surface area contributed by atoms with Gasteiger partial charge in [0.05, 0.1) is 0 Å². The van der Waals surface area contributed by atoms with Gasteiger partial charge in [0.25, 0.3) is 0 Å². The van der Waals surface area contributed by atoms with E-state index in [1.807, 2.05) is 0 Å². The molecule has 1 rings (SSSR count). The predicted octanol–water partition coefficient (Wildman–Crippen LogP) is 3.91. The van der Waals surface area contributed by atoms with Crippen molar-refractivity contribution in [1.82, 2.24) is 9.97 Å². The van der Waals surface area contributed by atoms with E-state index >= 15 is 0 Å². The zero-order valence-corrected chi connectivity index (χ0v) is 13.0. The fourth-order valence-corrected chi connectivity index (χ4v) is 2.16. The molecule has 0 fully saturated rings. The van der Waals surface area contributed by atoms with Gasteiger partial charge in [-0.1, -0.05) is 33.6 Å². The molecule has 0 bridgehead atoms. The van der Waals surface area contributed by atoms with Gasteiger partial charge in [0.15, 0.2) is 0 Å². The van der Waals surface area contributed by atoms with Gasteiger partial charge in [-0.15, -0.1) is 0 Å². The van der Waals surface area contributed by atoms with Crippen molar-refractivity contribution >= 4 is 27.6 Å². The van der Waals surface area contributed by atoms with Crippen LogP contribution in [0.15, 0.2) is 10.8 Å². The van der Waals surface area contributed by atoms with Gasteiger partial charge in [0.1, 0.15) is 22.4 Å². The molecule has 0 amide bonds. The Morgan fingerprint density at radius 3 is 2.28 bits per heavy atom. The number of rotatable bonds is 8. The van der Waals surface area contributed by atoms with Crippen molar-refractivity contribution in [3.05, 3.63) is 10.8 Å². The van der Waals surface area contributed by atoms with Gasteiger partial charge in [-0.3, -0.25) is 0 Å². The van der Waals surface area contributed by atoms with E-state index in [1.165, 1.54) is 12.8 Å². The highest BCUT2D eigenvalue weighted by Gasteiger charge is 2.09. The summed E-state index contributed by atoms with van der Waals surface area (Å²) in [6.07, 6.45) is 5.05. The van der Waals surface area contributed by atoms with E-state index in [1.54, 1.807) is 6.33 Å². The molecule has 1 aromatic rings. The normalized spacial score (nSPS) is 10.7. The van der Waals surface area contributed by atoms with Crippen LogP contribution in [-0.2, 0) is 0 Å². The smallest absolute Gasteiger partial charge is 0.145 e. The first-order valence-corrected chi connectivity index (χ1v) is 7.50. The molecule has 0 aliphatic heterocycles. The Kier molecular flexibility index (Phi) is 7.01. The van der Waals surface area contributed by atoms with Gasteiger partial charge in [0, 0.05) is 13.1 Å². The van der Waals surface area contributed by atoms with Crippen molar-refractivity contribution in [3.8, 4) is 0 Å². The molecule has 5 heteroatoms. The highest BCUT2D eigenvalue weighted by molar-refractivity contribution is 9.10. The van der Waals surface area contributed by atoms with Gasteiger partial charge < -0.3 is 10.6 Å². The van der Waals surface area contributed by atoms with Gasteiger partial charge >= 0.3 is 0 Å². The van der Waals surface area contributed by atoms with E-state index < -0.39 is 0 Å². The Labute approximate surface area is 118 Å². The standard InChI is InChI=1S/C13H23BrN4/c1-4-7-15-12-11(14)13(18-9-17-12)16-8-10(5-2)6-3/h9-10H,4-8H2,1-3H3,(H2,15,16,17,18). The molecule has 0 aliphatic rings. The minimum Gasteiger partial charge on any atom is -0.369 e. The summed E-state index contributed by atoms with van der Waals surface area (Å²) in [5.74, 6) is 2.42. The van der Waals surface area contributed by atoms with Crippen molar-refractivity contribution in [1.29, 1.82) is 0 Å². The van der Waals surface area contributed by atoms with E-state index in [0.717, 1.165) is 35.6 Å². The molecule has 2 N–H and O–H groups in total. The number of hydrogen-bond donors (Lipinski definition) is 2. The molecule has 1 heterocycles. The zero-order valence-electron chi connectivity index (χ0n) is 11.5. The van der Waals surface area contributed by atoms with Crippen molar-refractivity contribution in [2.45, 2.75) is 40.0 Å². The van der Waals surface area contributed by atoms with Crippen molar-refractivity contribution < 1.29 is 0 Å². The molecule has 0 saturated carbocycles. The maximum atomic E-state index is 4.28. The van der Waals surface area contributed by atoms with Crippen LogP contribution < -0.4 is 10.6 Å². The predicted molar refractivity (Wildman–Crippen MR) is 81.1 cm³/mol. The van der Waals surface area contributed by atoms with Crippen LogP contribution >= 0.6 is 15.9 Å². The Morgan fingerprint density at radius 1 is 1.11 bits per heavy atom. The molecule has 102 valence electrons. The third-order valence-corrected chi connectivity index (χ3v) is 3.80. The van der Waals surface area contributed by atoms with E-state index in [2.05, 4.69) is 57.3 Å². The van der Waals surface area contributed by atoms with Crippen molar-refractivity contribution in [3.63, 3.8) is 0 Å². The molecule has 18 heavy (non-hydrogen) atoms. The molecule has 4 nitrogen and oxygen atoms in total. The summed E-state index contributed by atoms with van der Waals surface area (Å²) < 4.78 is 0.921. The number of aromatic nitrogens is 2. The Morgan fingerprint density at radius 2 is 1.72 bits per heavy atom. The number of nitrogens with one attached hydrogen (secondary N) is 2. The lowest BCUT2D eigenvalue weighted by Gasteiger charge is -2.15. The largest absolute Gasteiger partial charge is 0.369 e. The maximum absolute atomic E-state index is 4.28. The molecule has 1 aromatic heterocycles. The van der Waals surface area contributed by atoms with Crippen LogP contribution in [0.25, 0.3) is 0 Å². The van der Waals surface area contributed by atoms with E-state index in [4.69, 9.17) is 0 Å². The lowest BCUT2D eigenvalue weighted by Crippen LogP contribution is -2.14. The monoisotopic (exact) mass is 314 g/mol. The fourth-order valence-electron chi connectivity index (χ4n) is 1.68. The summed E-state index contributed by atoms with van der Waals surface area (Å²) in [7, 11) is 0. The summed E-state index contributed by atoms with van der Waals surface area (Å²) in [5.41, 5.74) is 0. The number of halogens is 1. The summed E-state index contributed by atoms with van der Waals surface area (Å²) in [5, 5.41) is 6.67. The average Bonchev–Trinajstić information content (AvgIpc) is 2.40. The van der Waals surface area contributed by atoms with E-state index in [-0.39, 0.29) is 0 Å². The summed E-state index contributed by atoms with van der Waals surface area (Å²) >= 11 is 3.56. The zero-order chi connectivity index (χ0) is 13.4. The van der Waals surface area contributed by atoms with Crippen LogP contribution in [0.5, 0.6) is 0 Å². The highest BCUT2D eigenvalue weighted by Crippen LogP contribution is 2.26. The summed E-state index contributed by atoms with van der Waals surface area (Å²) in [6.45, 7) is 8.45. The van der Waals surface area contributed by atoms with Gasteiger partial charge in [-0.25, -0.2) is 9.97 Å². The second-order valence-corrected chi connectivity index (χ2v) is 5.17. The minimum absolute atomic E-state index is 0.693. The first-order valence-electron chi connectivity index (χ1n) is 6.71. The fraction of sp³-hybridized carbons (Fsp3) is 0.692. The van der Waals surface area contributed by atoms with Crippen LogP contribution in [0.1, 0.15) is 40.0 Å². The number of anilines is 2. The third kappa shape index (κ3) is 4.44. The van der Waals surface area contributed by atoms with E-state index in [0.29, 0.717) is 5.92 Å².